The van der Waals surface area contributed by atoms with Gasteiger partial charge in [-0.05, 0) is 58.5 Å². The highest BCUT2D eigenvalue weighted by atomic mass is 79.9. The molecular formula is C18H13BrFN3S2. The number of thiophene rings is 1. The third-order valence-electron chi connectivity index (χ3n) is 4.09. The van der Waals surface area contributed by atoms with Crippen molar-refractivity contribution in [2.75, 3.05) is 4.90 Å². The quantitative estimate of drug-likeness (QED) is 0.572. The Morgan fingerprint density at radius 3 is 2.68 bits per heavy atom. The molecule has 2 aromatic heterocycles. The molecule has 0 spiro atoms. The molecule has 3 heterocycles. The van der Waals surface area contributed by atoms with Crippen molar-refractivity contribution in [1.82, 2.24) is 10.3 Å². The number of anilines is 1. The van der Waals surface area contributed by atoms with Crippen molar-refractivity contribution in [1.29, 1.82) is 0 Å². The van der Waals surface area contributed by atoms with Crippen LogP contribution in [0.5, 0.6) is 0 Å². The second-order valence-corrected chi connectivity index (χ2v) is 7.86. The minimum Gasteiger partial charge on any atom is -0.351 e. The van der Waals surface area contributed by atoms with Gasteiger partial charge in [0.1, 0.15) is 5.82 Å². The molecule has 1 aromatic carbocycles. The first kappa shape index (κ1) is 16.6. The Morgan fingerprint density at radius 1 is 1.20 bits per heavy atom. The van der Waals surface area contributed by atoms with Crippen LogP contribution in [-0.4, -0.2) is 10.1 Å². The molecule has 3 nitrogen and oxygen atoms in total. The van der Waals surface area contributed by atoms with E-state index in [-0.39, 0.29) is 17.9 Å². The van der Waals surface area contributed by atoms with Crippen LogP contribution in [0.3, 0.4) is 0 Å². The molecule has 1 aliphatic rings. The number of nitrogens with one attached hydrogen (secondary N) is 1. The molecular weight excluding hydrogens is 421 g/mol. The molecule has 0 saturated carbocycles. The van der Waals surface area contributed by atoms with E-state index >= 15 is 0 Å². The first-order valence-electron chi connectivity index (χ1n) is 7.64. The molecule has 0 bridgehead atoms. The van der Waals surface area contributed by atoms with Crippen molar-refractivity contribution in [2.24, 2.45) is 0 Å². The Balaban J connectivity index is 1.85. The van der Waals surface area contributed by atoms with Crippen molar-refractivity contribution in [3.05, 3.63) is 81.0 Å². The van der Waals surface area contributed by atoms with Crippen LogP contribution in [0.25, 0.3) is 0 Å². The topological polar surface area (TPSA) is 28.2 Å². The number of nitrogens with zero attached hydrogens (tertiary/aromatic N) is 2. The van der Waals surface area contributed by atoms with E-state index in [1.165, 1.54) is 6.07 Å². The van der Waals surface area contributed by atoms with Crippen LogP contribution in [0.15, 0.2) is 64.6 Å². The van der Waals surface area contributed by atoms with Gasteiger partial charge in [0.2, 0.25) is 0 Å². The Bertz CT molecular complexity index is 915. The maximum Gasteiger partial charge on any atom is 0.174 e. The predicted molar refractivity (Wildman–Crippen MR) is 106 cm³/mol. The molecule has 1 N–H and O–H groups in total. The first-order valence-corrected chi connectivity index (χ1v) is 9.72. The highest BCUT2D eigenvalue weighted by Gasteiger charge is 2.42. The Morgan fingerprint density at radius 2 is 2.00 bits per heavy atom. The van der Waals surface area contributed by atoms with Crippen LogP contribution < -0.4 is 10.2 Å². The van der Waals surface area contributed by atoms with Gasteiger partial charge in [-0.1, -0.05) is 18.2 Å². The minimum absolute atomic E-state index is 0.154. The number of halogens is 2. The summed E-state index contributed by atoms with van der Waals surface area (Å²) in [5.41, 5.74) is 1.34. The highest BCUT2D eigenvalue weighted by molar-refractivity contribution is 9.10. The zero-order valence-electron chi connectivity index (χ0n) is 12.9. The van der Waals surface area contributed by atoms with Crippen LogP contribution in [0, 0.1) is 5.82 Å². The van der Waals surface area contributed by atoms with Crippen LogP contribution >= 0.6 is 39.5 Å². The van der Waals surface area contributed by atoms with Crippen LogP contribution in [-0.2, 0) is 0 Å². The fourth-order valence-electron chi connectivity index (χ4n) is 3.03. The fraction of sp³-hybridized carbons (Fsp3) is 0.111. The molecule has 126 valence electrons. The summed E-state index contributed by atoms with van der Waals surface area (Å²) in [4.78, 5) is 7.41. The van der Waals surface area contributed by atoms with Gasteiger partial charge >= 0.3 is 0 Å². The molecule has 3 aromatic rings. The van der Waals surface area contributed by atoms with E-state index < -0.39 is 0 Å². The van der Waals surface area contributed by atoms with Crippen molar-refractivity contribution < 1.29 is 4.39 Å². The lowest BCUT2D eigenvalue weighted by atomic mass is 10.0. The lowest BCUT2D eigenvalue weighted by Crippen LogP contribution is -2.29. The summed E-state index contributed by atoms with van der Waals surface area (Å²) in [6, 6.07) is 14.2. The summed E-state index contributed by atoms with van der Waals surface area (Å²) in [6.07, 6.45) is 1.76. The second-order valence-electron chi connectivity index (χ2n) is 5.62. The van der Waals surface area contributed by atoms with Gasteiger partial charge in [0.15, 0.2) is 5.11 Å². The number of thiocarbonyl (C=S) groups is 1. The van der Waals surface area contributed by atoms with Gasteiger partial charge in [0, 0.05) is 20.9 Å². The summed E-state index contributed by atoms with van der Waals surface area (Å²) < 4.78 is 15.5. The van der Waals surface area contributed by atoms with Gasteiger partial charge in [-0.15, -0.1) is 11.3 Å². The maximum absolute atomic E-state index is 14.5. The SMILES string of the molecule is Fc1ccccc1N1C(=S)N[C@@H](c2ccccn2)[C@@H]1c1cc(Br)cs1. The van der Waals surface area contributed by atoms with Crippen LogP contribution in [0.1, 0.15) is 22.7 Å². The number of aromatic nitrogens is 1. The summed E-state index contributed by atoms with van der Waals surface area (Å²) in [6.45, 7) is 0. The lowest BCUT2D eigenvalue weighted by molar-refractivity contribution is 0.564. The smallest absolute Gasteiger partial charge is 0.174 e. The summed E-state index contributed by atoms with van der Waals surface area (Å²) in [7, 11) is 0. The number of pyridine rings is 1. The van der Waals surface area contributed by atoms with E-state index in [0.717, 1.165) is 15.0 Å². The molecule has 1 fully saturated rings. The van der Waals surface area contributed by atoms with Crippen molar-refractivity contribution in [2.45, 2.75) is 12.1 Å². The number of hydrogen-bond acceptors (Lipinski definition) is 3. The molecule has 0 radical (unpaired) electrons. The largest absolute Gasteiger partial charge is 0.351 e. The van der Waals surface area contributed by atoms with Crippen molar-refractivity contribution in [3.63, 3.8) is 0 Å². The number of benzene rings is 1. The lowest BCUT2D eigenvalue weighted by Gasteiger charge is -2.27. The van der Waals surface area contributed by atoms with Gasteiger partial charge in [0.05, 0.1) is 23.5 Å². The van der Waals surface area contributed by atoms with E-state index in [1.807, 2.05) is 34.5 Å². The summed E-state index contributed by atoms with van der Waals surface area (Å²) >= 11 is 10.7. The van der Waals surface area contributed by atoms with Gasteiger partial charge in [-0.3, -0.25) is 4.98 Å². The minimum atomic E-state index is -0.297. The molecule has 1 aliphatic heterocycles. The van der Waals surface area contributed by atoms with E-state index in [4.69, 9.17) is 12.2 Å². The van der Waals surface area contributed by atoms with E-state index in [1.54, 1.807) is 29.7 Å². The van der Waals surface area contributed by atoms with E-state index in [0.29, 0.717) is 10.8 Å². The zero-order valence-corrected chi connectivity index (χ0v) is 16.1. The molecule has 0 unspecified atom stereocenters. The molecule has 0 amide bonds. The van der Waals surface area contributed by atoms with Gasteiger partial charge < -0.3 is 10.2 Å². The molecule has 7 heteroatoms. The van der Waals surface area contributed by atoms with Crippen molar-refractivity contribution in [3.8, 4) is 0 Å². The first-order chi connectivity index (χ1) is 12.1. The molecule has 4 rings (SSSR count). The number of hydrogen-bond donors (Lipinski definition) is 1. The Hall–Kier alpha value is -1.83. The summed E-state index contributed by atoms with van der Waals surface area (Å²) in [5.74, 6) is -0.297. The number of para-hydroxylation sites is 1. The summed E-state index contributed by atoms with van der Waals surface area (Å²) in [5, 5.41) is 5.84. The standard InChI is InChI=1S/C18H13BrFN3S2/c19-11-9-15(25-10-11)17-16(13-6-3-4-8-21-13)22-18(24)23(17)14-7-2-1-5-12(14)20/h1-10,16-17H,(H,22,24)/t16-,17-/m0/s1. The Labute approximate surface area is 162 Å². The molecule has 1 saturated heterocycles. The molecule has 0 aliphatic carbocycles. The average molecular weight is 434 g/mol. The predicted octanol–water partition coefficient (Wildman–Crippen LogP) is 5.22. The third-order valence-corrected chi connectivity index (χ3v) is 6.17. The van der Waals surface area contributed by atoms with E-state index in [2.05, 4.69) is 32.3 Å². The average Bonchev–Trinajstić information content (AvgIpc) is 3.19. The monoisotopic (exact) mass is 433 g/mol. The van der Waals surface area contributed by atoms with Crippen molar-refractivity contribution >= 4 is 50.3 Å². The van der Waals surface area contributed by atoms with Gasteiger partial charge in [-0.25, -0.2) is 4.39 Å². The van der Waals surface area contributed by atoms with Crippen LogP contribution in [0.4, 0.5) is 10.1 Å². The van der Waals surface area contributed by atoms with Crippen LogP contribution in [0.2, 0.25) is 0 Å². The number of rotatable bonds is 3. The van der Waals surface area contributed by atoms with Gasteiger partial charge in [0.25, 0.3) is 0 Å². The van der Waals surface area contributed by atoms with E-state index in [9.17, 15) is 4.39 Å². The normalized spacial score (nSPS) is 19.9. The molecule has 2 atom stereocenters. The third kappa shape index (κ3) is 3.07. The zero-order chi connectivity index (χ0) is 17.4. The molecule has 25 heavy (non-hydrogen) atoms. The maximum atomic E-state index is 14.5. The van der Waals surface area contributed by atoms with Gasteiger partial charge in [-0.2, -0.15) is 0 Å². The second kappa shape index (κ2) is 6.82. The Kier molecular flexibility index (Phi) is 4.54. The fourth-order valence-corrected chi connectivity index (χ4v) is 4.94. The highest BCUT2D eigenvalue weighted by Crippen LogP contribution is 2.44.